The highest BCUT2D eigenvalue weighted by Crippen LogP contribution is 2.25. The van der Waals surface area contributed by atoms with Crippen molar-refractivity contribution < 1.29 is 5.11 Å². The van der Waals surface area contributed by atoms with Gasteiger partial charge in [0.2, 0.25) is 5.88 Å². The monoisotopic (exact) mass is 331 g/mol. The van der Waals surface area contributed by atoms with Crippen LogP contribution >= 0.6 is 0 Å². The van der Waals surface area contributed by atoms with E-state index in [1.54, 1.807) is 30.5 Å². The van der Waals surface area contributed by atoms with E-state index in [0.29, 0.717) is 11.4 Å². The van der Waals surface area contributed by atoms with Crippen molar-refractivity contribution >= 4 is 23.1 Å². The number of fused-ring (bicyclic) bond motifs is 1. The van der Waals surface area contributed by atoms with Crippen LogP contribution in [0.2, 0.25) is 0 Å². The number of aliphatic imine (C=N–C) groups is 1. The van der Waals surface area contributed by atoms with Crippen molar-refractivity contribution in [1.29, 1.82) is 0 Å². The van der Waals surface area contributed by atoms with E-state index in [0.717, 1.165) is 15.3 Å². The largest absolute Gasteiger partial charge is 0.494 e. The number of H-pyrrole nitrogens is 1. The Morgan fingerprint density at radius 2 is 1.88 bits per heavy atom. The van der Waals surface area contributed by atoms with Crippen LogP contribution in [-0.2, 0) is 0 Å². The molecule has 2 aromatic carbocycles. The van der Waals surface area contributed by atoms with Gasteiger partial charge in [-0.25, -0.2) is 9.36 Å². The summed E-state index contributed by atoms with van der Waals surface area (Å²) in [5.41, 5.74) is -0.384. The summed E-state index contributed by atoms with van der Waals surface area (Å²) in [7, 11) is 0. The van der Waals surface area contributed by atoms with Gasteiger partial charge >= 0.3 is 5.69 Å². The summed E-state index contributed by atoms with van der Waals surface area (Å²) in [6, 6.07) is 12.9. The summed E-state index contributed by atoms with van der Waals surface area (Å²) >= 11 is 0. The Hall–Kier alpha value is -3.67. The number of nitrogens with one attached hydrogen (secondary N) is 1. The second kappa shape index (κ2) is 5.76. The molecule has 1 aliphatic heterocycles. The molecule has 6 heteroatoms. The topological polar surface area (TPSA) is 87.5 Å². The third-order valence-corrected chi connectivity index (χ3v) is 4.00. The smallest absolute Gasteiger partial charge is 0.335 e. The molecule has 0 bridgehead atoms. The number of aromatic amines is 1. The van der Waals surface area contributed by atoms with Crippen LogP contribution in [0.3, 0.4) is 0 Å². The fourth-order valence-corrected chi connectivity index (χ4v) is 2.84. The van der Waals surface area contributed by atoms with Crippen molar-refractivity contribution in [2.24, 2.45) is 4.99 Å². The zero-order chi connectivity index (χ0) is 17.4. The minimum Gasteiger partial charge on any atom is -0.494 e. The van der Waals surface area contributed by atoms with Gasteiger partial charge in [0.05, 0.1) is 11.4 Å². The maximum Gasteiger partial charge on any atom is 0.335 e. The first kappa shape index (κ1) is 14.9. The van der Waals surface area contributed by atoms with Crippen LogP contribution in [0, 0.1) is 0 Å². The van der Waals surface area contributed by atoms with E-state index in [-0.39, 0.29) is 5.56 Å². The van der Waals surface area contributed by atoms with Crippen molar-refractivity contribution in [1.82, 2.24) is 9.55 Å². The number of hydrogen-bond donors (Lipinski definition) is 2. The number of rotatable bonds is 2. The number of aromatic nitrogens is 2. The Bertz CT molecular complexity index is 1180. The number of hydrogen-bond acceptors (Lipinski definition) is 4. The summed E-state index contributed by atoms with van der Waals surface area (Å²) in [6.07, 6.45) is 6.44. The van der Waals surface area contributed by atoms with Gasteiger partial charge < -0.3 is 5.11 Å². The molecule has 0 saturated carbocycles. The summed E-state index contributed by atoms with van der Waals surface area (Å²) in [6.45, 7) is 0. The average Bonchev–Trinajstić information content (AvgIpc) is 3.12. The molecule has 122 valence electrons. The Balaban J connectivity index is 2.04. The highest BCUT2D eigenvalue weighted by Gasteiger charge is 2.16. The zero-order valence-corrected chi connectivity index (χ0v) is 13.0. The maximum absolute atomic E-state index is 12.4. The number of nitrogens with zero attached hydrogens (tertiary/aromatic N) is 2. The molecule has 0 unspecified atom stereocenters. The lowest BCUT2D eigenvalue weighted by Crippen LogP contribution is -2.30. The van der Waals surface area contributed by atoms with Crippen molar-refractivity contribution in [2.75, 3.05) is 0 Å². The Kier molecular flexibility index (Phi) is 3.43. The zero-order valence-electron chi connectivity index (χ0n) is 13.0. The van der Waals surface area contributed by atoms with Crippen LogP contribution in [0.1, 0.15) is 5.56 Å². The van der Waals surface area contributed by atoms with Gasteiger partial charge in [0.1, 0.15) is 5.56 Å². The second-order valence-corrected chi connectivity index (χ2v) is 5.54. The van der Waals surface area contributed by atoms with Gasteiger partial charge in [-0.05, 0) is 29.7 Å². The van der Waals surface area contributed by atoms with E-state index < -0.39 is 17.1 Å². The molecule has 0 aliphatic carbocycles. The molecule has 2 heterocycles. The first-order valence-corrected chi connectivity index (χ1v) is 7.64. The van der Waals surface area contributed by atoms with E-state index in [9.17, 15) is 14.7 Å². The number of allylic oxidation sites excluding steroid dienone is 2. The van der Waals surface area contributed by atoms with Crippen LogP contribution in [0.5, 0.6) is 5.88 Å². The fourth-order valence-electron chi connectivity index (χ4n) is 2.84. The fraction of sp³-hybridized carbons (Fsp3) is 0. The lowest BCUT2D eigenvalue weighted by molar-refractivity contribution is 0.430. The van der Waals surface area contributed by atoms with E-state index in [1.165, 1.54) is 6.08 Å². The lowest BCUT2D eigenvalue weighted by atomic mass is 10.1. The van der Waals surface area contributed by atoms with Gasteiger partial charge in [-0.1, -0.05) is 36.4 Å². The van der Waals surface area contributed by atoms with Crippen LogP contribution in [0.15, 0.2) is 74.9 Å². The first-order valence-electron chi connectivity index (χ1n) is 7.64. The SMILES string of the molecule is O=c1[nH]c(=O)n(-c2cccc3ccccc23)c(O)c1C=C1C=CC=N1. The highest BCUT2D eigenvalue weighted by molar-refractivity contribution is 5.90. The molecule has 0 saturated heterocycles. The highest BCUT2D eigenvalue weighted by atomic mass is 16.3. The average molecular weight is 331 g/mol. The van der Waals surface area contributed by atoms with Gasteiger partial charge in [0.25, 0.3) is 5.56 Å². The third-order valence-electron chi connectivity index (χ3n) is 4.00. The van der Waals surface area contributed by atoms with Crippen molar-refractivity contribution in [3.05, 3.63) is 86.7 Å². The molecule has 1 aliphatic rings. The molecule has 25 heavy (non-hydrogen) atoms. The molecule has 0 fully saturated rings. The number of benzene rings is 2. The predicted molar refractivity (Wildman–Crippen MR) is 97.4 cm³/mol. The van der Waals surface area contributed by atoms with Crippen LogP contribution in [0.4, 0.5) is 0 Å². The van der Waals surface area contributed by atoms with Gasteiger partial charge in [0, 0.05) is 11.6 Å². The summed E-state index contributed by atoms with van der Waals surface area (Å²) in [5.74, 6) is -0.423. The van der Waals surface area contributed by atoms with Crippen molar-refractivity contribution in [3.63, 3.8) is 0 Å². The molecule has 1 aromatic heterocycles. The molecule has 2 N–H and O–H groups in total. The molecule has 3 aromatic rings. The number of aromatic hydroxyl groups is 1. The molecular weight excluding hydrogens is 318 g/mol. The van der Waals surface area contributed by atoms with E-state index in [1.807, 2.05) is 30.3 Å². The molecule has 0 spiro atoms. The van der Waals surface area contributed by atoms with Gasteiger partial charge in [0.15, 0.2) is 0 Å². The Morgan fingerprint density at radius 3 is 2.68 bits per heavy atom. The molecular formula is C19H13N3O3. The first-order chi connectivity index (χ1) is 12.1. The van der Waals surface area contributed by atoms with Gasteiger partial charge in [-0.2, -0.15) is 0 Å². The summed E-state index contributed by atoms with van der Waals surface area (Å²) in [5, 5.41) is 12.3. The van der Waals surface area contributed by atoms with Crippen LogP contribution in [-0.4, -0.2) is 20.9 Å². The van der Waals surface area contributed by atoms with Gasteiger partial charge in [-0.15, -0.1) is 0 Å². The summed E-state index contributed by atoms with van der Waals surface area (Å²) in [4.78, 5) is 30.8. The van der Waals surface area contributed by atoms with Crippen molar-refractivity contribution in [2.45, 2.75) is 0 Å². The Labute approximate surface area is 141 Å². The summed E-state index contributed by atoms with van der Waals surface area (Å²) < 4.78 is 1.10. The normalized spacial score (nSPS) is 14.6. The van der Waals surface area contributed by atoms with E-state index in [2.05, 4.69) is 9.98 Å². The quantitative estimate of drug-likeness (QED) is 0.756. The van der Waals surface area contributed by atoms with E-state index in [4.69, 9.17) is 0 Å². The Morgan fingerprint density at radius 1 is 1.08 bits per heavy atom. The maximum atomic E-state index is 12.4. The van der Waals surface area contributed by atoms with Gasteiger partial charge in [-0.3, -0.25) is 14.8 Å². The lowest BCUT2D eigenvalue weighted by Gasteiger charge is -2.12. The minimum absolute atomic E-state index is 0.0220. The molecule has 4 rings (SSSR count). The molecule has 0 amide bonds. The molecule has 0 atom stereocenters. The van der Waals surface area contributed by atoms with Crippen LogP contribution < -0.4 is 11.2 Å². The second-order valence-electron chi connectivity index (χ2n) is 5.54. The minimum atomic E-state index is -0.702. The molecule has 6 nitrogen and oxygen atoms in total. The van der Waals surface area contributed by atoms with E-state index >= 15 is 0 Å². The predicted octanol–water partition coefficient (Wildman–Crippen LogP) is 2.37. The van der Waals surface area contributed by atoms with Crippen LogP contribution in [0.25, 0.3) is 22.5 Å². The molecule has 0 radical (unpaired) electrons. The standard InChI is InChI=1S/C19H13N3O3/c23-17-15(11-13-7-4-10-20-13)18(24)22(19(25)21-17)16-9-3-6-12-5-1-2-8-14(12)16/h1-11,24H,(H,21,23,25). The van der Waals surface area contributed by atoms with Crippen molar-refractivity contribution in [3.8, 4) is 11.6 Å². The third kappa shape index (κ3) is 2.49.